The highest BCUT2D eigenvalue weighted by molar-refractivity contribution is 5.99. The van der Waals surface area contributed by atoms with Crippen LogP contribution in [0.25, 0.3) is 0 Å². The largest absolute Gasteiger partial charge is 0.486 e. The summed E-state index contributed by atoms with van der Waals surface area (Å²) in [6.07, 6.45) is -1.23. The molecular formula is C13H16FNO3. The lowest BCUT2D eigenvalue weighted by Crippen LogP contribution is -2.21. The summed E-state index contributed by atoms with van der Waals surface area (Å²) in [4.78, 5) is 11.9. The van der Waals surface area contributed by atoms with Crippen molar-refractivity contribution in [3.05, 3.63) is 23.3 Å². The van der Waals surface area contributed by atoms with Crippen LogP contribution in [0.4, 0.5) is 4.39 Å². The lowest BCUT2D eigenvalue weighted by atomic mass is 9.99. The van der Waals surface area contributed by atoms with Crippen LogP contribution in [0.15, 0.2) is 12.1 Å². The number of likely N-dealkylation sites (N-methyl/N-ethyl adjacent to an activating group) is 1. The molecule has 0 amide bonds. The Hall–Kier alpha value is -1.62. The highest BCUT2D eigenvalue weighted by atomic mass is 19.1. The fourth-order valence-electron chi connectivity index (χ4n) is 1.93. The highest BCUT2D eigenvalue weighted by Crippen LogP contribution is 2.36. The van der Waals surface area contributed by atoms with Gasteiger partial charge in [-0.1, -0.05) is 0 Å². The highest BCUT2D eigenvalue weighted by Gasteiger charge is 2.22. The zero-order chi connectivity index (χ0) is 13.1. The molecule has 1 aromatic carbocycles. The van der Waals surface area contributed by atoms with Crippen LogP contribution in [0.1, 0.15) is 29.0 Å². The summed E-state index contributed by atoms with van der Waals surface area (Å²) in [6.45, 7) is 2.45. The number of alkyl halides is 1. The summed E-state index contributed by atoms with van der Waals surface area (Å²) in [5, 5.41) is 2.77. The van der Waals surface area contributed by atoms with Crippen LogP contribution in [0, 0.1) is 0 Å². The Kier molecular flexibility index (Phi) is 3.81. The molecule has 0 fully saturated rings. The number of ketones is 1. The zero-order valence-corrected chi connectivity index (χ0v) is 10.5. The van der Waals surface area contributed by atoms with Crippen LogP contribution in [-0.2, 0) is 0 Å². The van der Waals surface area contributed by atoms with Gasteiger partial charge in [0.1, 0.15) is 19.4 Å². The van der Waals surface area contributed by atoms with Crippen molar-refractivity contribution in [1.29, 1.82) is 0 Å². The maximum Gasteiger partial charge on any atom is 0.177 e. The second-order valence-corrected chi connectivity index (χ2v) is 4.15. The second-order valence-electron chi connectivity index (χ2n) is 4.15. The van der Waals surface area contributed by atoms with Gasteiger partial charge in [-0.3, -0.25) is 4.79 Å². The Balaban J connectivity index is 2.45. The number of carbonyl (C=O) groups excluding carboxylic acids is 1. The fraction of sp³-hybridized carbons (Fsp3) is 0.462. The van der Waals surface area contributed by atoms with E-state index in [1.807, 2.05) is 0 Å². The quantitative estimate of drug-likeness (QED) is 0.832. The van der Waals surface area contributed by atoms with E-state index in [2.05, 4.69) is 5.32 Å². The van der Waals surface area contributed by atoms with E-state index in [1.54, 1.807) is 19.2 Å². The number of ether oxygens (including phenoxy) is 2. The minimum Gasteiger partial charge on any atom is -0.486 e. The van der Waals surface area contributed by atoms with E-state index in [-0.39, 0.29) is 12.3 Å². The van der Waals surface area contributed by atoms with E-state index in [0.717, 1.165) is 0 Å². The molecular weight excluding hydrogens is 237 g/mol. The zero-order valence-electron chi connectivity index (χ0n) is 10.5. The molecule has 0 saturated carbocycles. The van der Waals surface area contributed by atoms with Crippen molar-refractivity contribution in [3.8, 4) is 11.5 Å². The first-order valence-corrected chi connectivity index (χ1v) is 5.89. The average Bonchev–Trinajstić information content (AvgIpc) is 2.37. The first kappa shape index (κ1) is 12.8. The predicted octanol–water partition coefficient (Wildman–Crippen LogP) is 1.89. The van der Waals surface area contributed by atoms with Crippen molar-refractivity contribution in [1.82, 2.24) is 5.32 Å². The van der Waals surface area contributed by atoms with Gasteiger partial charge in [-0.2, -0.15) is 0 Å². The standard InChI is InChI=1S/C13H16FNO3/c1-8(14)9-5-12-13(18-4-3-17-12)6-10(9)11(16)7-15-2/h5-6,8,15H,3-4,7H2,1-2H3. The van der Waals surface area contributed by atoms with Gasteiger partial charge in [0, 0.05) is 11.1 Å². The fourth-order valence-corrected chi connectivity index (χ4v) is 1.93. The van der Waals surface area contributed by atoms with Gasteiger partial charge in [-0.25, -0.2) is 4.39 Å². The van der Waals surface area contributed by atoms with Crippen molar-refractivity contribution in [3.63, 3.8) is 0 Å². The number of hydrogen-bond donors (Lipinski definition) is 1. The number of carbonyl (C=O) groups is 1. The third kappa shape index (κ3) is 2.46. The molecule has 1 heterocycles. The van der Waals surface area contributed by atoms with E-state index in [9.17, 15) is 9.18 Å². The first-order valence-electron chi connectivity index (χ1n) is 5.89. The molecule has 0 spiro atoms. The average molecular weight is 253 g/mol. The number of nitrogens with one attached hydrogen (secondary N) is 1. The van der Waals surface area contributed by atoms with E-state index in [0.29, 0.717) is 35.8 Å². The van der Waals surface area contributed by atoms with Crippen molar-refractivity contribution >= 4 is 5.78 Å². The van der Waals surface area contributed by atoms with Crippen LogP contribution < -0.4 is 14.8 Å². The molecule has 1 aromatic rings. The normalized spacial score (nSPS) is 15.3. The molecule has 98 valence electrons. The molecule has 2 rings (SSSR count). The van der Waals surface area contributed by atoms with Gasteiger partial charge < -0.3 is 14.8 Å². The third-order valence-electron chi connectivity index (χ3n) is 2.78. The second kappa shape index (κ2) is 5.35. The first-order chi connectivity index (χ1) is 8.63. The number of hydrogen-bond acceptors (Lipinski definition) is 4. The number of benzene rings is 1. The molecule has 1 atom stereocenters. The van der Waals surface area contributed by atoms with Crippen LogP contribution in [0.2, 0.25) is 0 Å². The maximum atomic E-state index is 13.6. The molecule has 1 aliphatic heterocycles. The number of halogens is 1. The van der Waals surface area contributed by atoms with E-state index < -0.39 is 6.17 Å². The molecule has 1 unspecified atom stereocenters. The molecule has 0 aromatic heterocycles. The summed E-state index contributed by atoms with van der Waals surface area (Å²) < 4.78 is 24.4. The number of rotatable bonds is 4. The summed E-state index contributed by atoms with van der Waals surface area (Å²) in [6, 6.07) is 3.13. The predicted molar refractivity (Wildman–Crippen MR) is 65.2 cm³/mol. The summed E-state index contributed by atoms with van der Waals surface area (Å²) in [5.74, 6) is 0.848. The van der Waals surface area contributed by atoms with Crippen molar-refractivity contribution in [2.45, 2.75) is 13.1 Å². The molecule has 0 aliphatic carbocycles. The van der Waals surface area contributed by atoms with Gasteiger partial charge in [0.2, 0.25) is 0 Å². The molecule has 0 saturated heterocycles. The van der Waals surface area contributed by atoms with Gasteiger partial charge in [-0.15, -0.1) is 0 Å². The smallest absolute Gasteiger partial charge is 0.177 e. The number of Topliss-reactive ketones (excluding diaryl/α,β-unsaturated/α-hetero) is 1. The van der Waals surface area contributed by atoms with Crippen molar-refractivity contribution in [2.75, 3.05) is 26.8 Å². The Morgan fingerprint density at radius 2 is 2.00 bits per heavy atom. The topological polar surface area (TPSA) is 47.6 Å². The molecule has 4 nitrogen and oxygen atoms in total. The molecule has 0 bridgehead atoms. The number of fused-ring (bicyclic) bond motifs is 1. The molecule has 1 N–H and O–H groups in total. The Labute approximate surface area is 105 Å². The molecule has 5 heteroatoms. The van der Waals surface area contributed by atoms with Gasteiger partial charge >= 0.3 is 0 Å². The van der Waals surface area contributed by atoms with Gasteiger partial charge in [0.25, 0.3) is 0 Å². The molecule has 18 heavy (non-hydrogen) atoms. The Morgan fingerprint density at radius 1 is 1.39 bits per heavy atom. The van der Waals surface area contributed by atoms with Crippen LogP contribution >= 0.6 is 0 Å². The Bertz CT molecular complexity index is 460. The lowest BCUT2D eigenvalue weighted by molar-refractivity contribution is 0.0989. The molecule has 1 aliphatic rings. The molecule has 0 radical (unpaired) electrons. The summed E-state index contributed by atoms with van der Waals surface area (Å²) in [7, 11) is 1.68. The van der Waals surface area contributed by atoms with Crippen LogP contribution in [-0.4, -0.2) is 32.6 Å². The Morgan fingerprint density at radius 3 is 2.56 bits per heavy atom. The van der Waals surface area contributed by atoms with Crippen LogP contribution in [0.5, 0.6) is 11.5 Å². The van der Waals surface area contributed by atoms with Crippen molar-refractivity contribution in [2.24, 2.45) is 0 Å². The summed E-state index contributed by atoms with van der Waals surface area (Å²) >= 11 is 0. The maximum absolute atomic E-state index is 13.6. The van der Waals surface area contributed by atoms with E-state index in [1.165, 1.54) is 6.92 Å². The van der Waals surface area contributed by atoms with Gasteiger partial charge in [0.15, 0.2) is 17.3 Å². The minimum absolute atomic E-state index is 0.158. The van der Waals surface area contributed by atoms with Crippen molar-refractivity contribution < 1.29 is 18.7 Å². The van der Waals surface area contributed by atoms with Crippen LogP contribution in [0.3, 0.4) is 0 Å². The monoisotopic (exact) mass is 253 g/mol. The van der Waals surface area contributed by atoms with Gasteiger partial charge in [0.05, 0.1) is 6.54 Å². The summed E-state index contributed by atoms with van der Waals surface area (Å²) in [5.41, 5.74) is 0.697. The minimum atomic E-state index is -1.23. The lowest BCUT2D eigenvalue weighted by Gasteiger charge is -2.21. The SMILES string of the molecule is CNCC(=O)c1cc2c(cc1C(C)F)OCCO2. The van der Waals surface area contributed by atoms with E-state index >= 15 is 0 Å². The van der Waals surface area contributed by atoms with Gasteiger partial charge in [-0.05, 0) is 26.1 Å². The van der Waals surface area contributed by atoms with E-state index in [4.69, 9.17) is 9.47 Å². The third-order valence-corrected chi connectivity index (χ3v) is 2.78.